The van der Waals surface area contributed by atoms with Crippen molar-refractivity contribution in [2.45, 2.75) is 58.0 Å². The molecule has 0 bridgehead atoms. The van der Waals surface area contributed by atoms with Gasteiger partial charge in [-0.05, 0) is 44.5 Å². The van der Waals surface area contributed by atoms with E-state index in [-0.39, 0.29) is 0 Å². The van der Waals surface area contributed by atoms with Gasteiger partial charge in [0.2, 0.25) is 0 Å². The van der Waals surface area contributed by atoms with Crippen LogP contribution < -0.4 is 5.32 Å². The second kappa shape index (κ2) is 9.15. The van der Waals surface area contributed by atoms with Gasteiger partial charge in [-0.2, -0.15) is 0 Å². The molecular formula is C18H30N2. The smallest absolute Gasteiger partial charge is 0.0233 e. The highest BCUT2D eigenvalue weighted by atomic mass is 15.1. The molecule has 1 fully saturated rings. The van der Waals surface area contributed by atoms with E-state index in [0.29, 0.717) is 0 Å². The summed E-state index contributed by atoms with van der Waals surface area (Å²) < 4.78 is 0. The molecule has 0 unspecified atom stereocenters. The van der Waals surface area contributed by atoms with E-state index in [1.807, 2.05) is 0 Å². The number of hydrogen-bond donors (Lipinski definition) is 1. The molecule has 1 aliphatic carbocycles. The van der Waals surface area contributed by atoms with Gasteiger partial charge in [-0.3, -0.25) is 4.90 Å². The lowest BCUT2D eigenvalue weighted by Gasteiger charge is -2.24. The van der Waals surface area contributed by atoms with E-state index < -0.39 is 0 Å². The summed E-state index contributed by atoms with van der Waals surface area (Å²) in [5.74, 6) is 0. The van der Waals surface area contributed by atoms with Crippen molar-refractivity contribution in [3.8, 4) is 0 Å². The first-order valence-corrected chi connectivity index (χ1v) is 8.38. The van der Waals surface area contributed by atoms with E-state index in [2.05, 4.69) is 47.5 Å². The van der Waals surface area contributed by atoms with Crippen LogP contribution in [0.4, 0.5) is 0 Å². The van der Waals surface area contributed by atoms with E-state index in [0.717, 1.165) is 19.1 Å². The fraction of sp³-hybridized carbons (Fsp3) is 0.667. The highest BCUT2D eigenvalue weighted by Gasteiger charge is 2.12. The van der Waals surface area contributed by atoms with Crippen LogP contribution in [-0.2, 0) is 6.54 Å². The Morgan fingerprint density at radius 1 is 1.10 bits per heavy atom. The average molecular weight is 274 g/mol. The Bertz CT molecular complexity index is 344. The van der Waals surface area contributed by atoms with Crippen LogP contribution in [0, 0.1) is 0 Å². The molecule has 0 radical (unpaired) electrons. The molecule has 2 nitrogen and oxygen atoms in total. The first kappa shape index (κ1) is 15.5. The first-order chi connectivity index (χ1) is 9.88. The van der Waals surface area contributed by atoms with Crippen LogP contribution in [0.15, 0.2) is 30.3 Å². The highest BCUT2D eigenvalue weighted by molar-refractivity contribution is 5.14. The maximum Gasteiger partial charge on any atom is 0.0233 e. The van der Waals surface area contributed by atoms with Crippen molar-refractivity contribution in [2.24, 2.45) is 0 Å². The standard InChI is InChI=1S/C18H30N2/c1-2-20(16-17-10-5-3-6-11-17)15-9-14-19-18-12-7-4-8-13-18/h3,5-6,10-11,18-19H,2,4,7-9,12-16H2,1H3. The quantitative estimate of drug-likeness (QED) is 0.725. The minimum Gasteiger partial charge on any atom is -0.314 e. The van der Waals surface area contributed by atoms with Crippen LogP contribution in [-0.4, -0.2) is 30.6 Å². The summed E-state index contributed by atoms with van der Waals surface area (Å²) in [5.41, 5.74) is 1.43. The number of nitrogens with zero attached hydrogens (tertiary/aromatic N) is 1. The third-order valence-electron chi connectivity index (χ3n) is 4.39. The summed E-state index contributed by atoms with van der Waals surface area (Å²) in [6.45, 7) is 6.86. The summed E-state index contributed by atoms with van der Waals surface area (Å²) in [7, 11) is 0. The second-order valence-electron chi connectivity index (χ2n) is 6.00. The van der Waals surface area contributed by atoms with Crippen molar-refractivity contribution in [3.05, 3.63) is 35.9 Å². The Morgan fingerprint density at radius 3 is 2.55 bits per heavy atom. The van der Waals surface area contributed by atoms with Gasteiger partial charge in [0, 0.05) is 12.6 Å². The molecule has 1 aromatic carbocycles. The van der Waals surface area contributed by atoms with Gasteiger partial charge < -0.3 is 5.32 Å². The lowest BCUT2D eigenvalue weighted by Crippen LogP contribution is -2.34. The van der Waals surface area contributed by atoms with Gasteiger partial charge in [-0.1, -0.05) is 56.5 Å². The molecule has 0 amide bonds. The summed E-state index contributed by atoms with van der Waals surface area (Å²) in [4.78, 5) is 2.54. The largest absolute Gasteiger partial charge is 0.314 e. The average Bonchev–Trinajstić information content (AvgIpc) is 2.52. The van der Waals surface area contributed by atoms with E-state index in [4.69, 9.17) is 0 Å². The zero-order valence-corrected chi connectivity index (χ0v) is 13.0. The number of benzene rings is 1. The van der Waals surface area contributed by atoms with Crippen LogP contribution in [0.5, 0.6) is 0 Å². The van der Waals surface area contributed by atoms with Crippen LogP contribution in [0.2, 0.25) is 0 Å². The van der Waals surface area contributed by atoms with Gasteiger partial charge in [0.15, 0.2) is 0 Å². The maximum absolute atomic E-state index is 3.74. The first-order valence-electron chi connectivity index (χ1n) is 8.38. The minimum atomic E-state index is 0.799. The fourth-order valence-electron chi connectivity index (χ4n) is 3.11. The zero-order chi connectivity index (χ0) is 14.0. The van der Waals surface area contributed by atoms with Crippen molar-refractivity contribution >= 4 is 0 Å². The molecule has 1 aromatic rings. The molecule has 0 heterocycles. The van der Waals surface area contributed by atoms with Gasteiger partial charge in [0.05, 0.1) is 0 Å². The van der Waals surface area contributed by atoms with Gasteiger partial charge >= 0.3 is 0 Å². The molecular weight excluding hydrogens is 244 g/mol. The highest BCUT2D eigenvalue weighted by Crippen LogP contribution is 2.17. The van der Waals surface area contributed by atoms with Crippen LogP contribution in [0.3, 0.4) is 0 Å². The maximum atomic E-state index is 3.74. The molecule has 2 heteroatoms. The Morgan fingerprint density at radius 2 is 1.85 bits per heavy atom. The monoisotopic (exact) mass is 274 g/mol. The molecule has 0 atom stereocenters. The Labute approximate surface area is 124 Å². The molecule has 20 heavy (non-hydrogen) atoms. The van der Waals surface area contributed by atoms with Crippen LogP contribution in [0.25, 0.3) is 0 Å². The molecule has 1 aliphatic rings. The predicted octanol–water partition coefficient (Wildman–Crippen LogP) is 3.82. The second-order valence-corrected chi connectivity index (χ2v) is 6.00. The summed E-state index contributed by atoms with van der Waals surface area (Å²) in [5, 5.41) is 3.74. The summed E-state index contributed by atoms with van der Waals surface area (Å²) in [6.07, 6.45) is 8.33. The van der Waals surface area contributed by atoms with Gasteiger partial charge in [-0.25, -0.2) is 0 Å². The van der Waals surface area contributed by atoms with E-state index in [1.54, 1.807) is 0 Å². The van der Waals surface area contributed by atoms with Crippen molar-refractivity contribution in [3.63, 3.8) is 0 Å². The molecule has 112 valence electrons. The number of hydrogen-bond acceptors (Lipinski definition) is 2. The van der Waals surface area contributed by atoms with Crippen molar-refractivity contribution in [1.29, 1.82) is 0 Å². The van der Waals surface area contributed by atoms with Crippen molar-refractivity contribution < 1.29 is 0 Å². The topological polar surface area (TPSA) is 15.3 Å². The third-order valence-corrected chi connectivity index (χ3v) is 4.39. The SMILES string of the molecule is CCN(CCCNC1CCCCC1)Cc1ccccc1. The Kier molecular flexibility index (Phi) is 7.10. The van der Waals surface area contributed by atoms with Crippen LogP contribution >= 0.6 is 0 Å². The van der Waals surface area contributed by atoms with Gasteiger partial charge in [-0.15, -0.1) is 0 Å². The predicted molar refractivity (Wildman–Crippen MR) is 86.9 cm³/mol. The molecule has 0 aliphatic heterocycles. The summed E-state index contributed by atoms with van der Waals surface area (Å²) >= 11 is 0. The van der Waals surface area contributed by atoms with Crippen molar-refractivity contribution in [1.82, 2.24) is 10.2 Å². The van der Waals surface area contributed by atoms with E-state index in [1.165, 1.54) is 57.2 Å². The lowest BCUT2D eigenvalue weighted by atomic mass is 9.95. The van der Waals surface area contributed by atoms with Gasteiger partial charge in [0.1, 0.15) is 0 Å². The molecule has 1 saturated carbocycles. The molecule has 0 saturated heterocycles. The fourth-order valence-corrected chi connectivity index (χ4v) is 3.11. The summed E-state index contributed by atoms with van der Waals surface area (Å²) in [6, 6.07) is 11.6. The van der Waals surface area contributed by atoms with Crippen LogP contribution in [0.1, 0.15) is 51.0 Å². The zero-order valence-electron chi connectivity index (χ0n) is 13.0. The van der Waals surface area contributed by atoms with Crippen molar-refractivity contribution in [2.75, 3.05) is 19.6 Å². The molecule has 1 N–H and O–H groups in total. The number of nitrogens with one attached hydrogen (secondary N) is 1. The molecule has 0 spiro atoms. The van der Waals surface area contributed by atoms with E-state index in [9.17, 15) is 0 Å². The lowest BCUT2D eigenvalue weighted by molar-refractivity contribution is 0.269. The Hall–Kier alpha value is -0.860. The van der Waals surface area contributed by atoms with Gasteiger partial charge in [0.25, 0.3) is 0 Å². The molecule has 0 aromatic heterocycles. The third kappa shape index (κ3) is 5.64. The van der Waals surface area contributed by atoms with E-state index >= 15 is 0 Å². The normalized spacial score (nSPS) is 16.7. The minimum absolute atomic E-state index is 0.799. The number of rotatable bonds is 8. The Balaban J connectivity index is 1.61. The molecule has 2 rings (SSSR count).